The van der Waals surface area contributed by atoms with Gasteiger partial charge in [-0.1, -0.05) is 6.92 Å². The van der Waals surface area contributed by atoms with Crippen LogP contribution in [0.1, 0.15) is 29.1 Å². The highest BCUT2D eigenvalue weighted by molar-refractivity contribution is 5.92. The Balaban J connectivity index is 2.04. The highest BCUT2D eigenvalue weighted by Gasteiger charge is 2.34. The van der Waals surface area contributed by atoms with E-state index in [4.69, 9.17) is 9.15 Å². The largest absolute Gasteiger partial charge is 0.436 e. The standard InChI is InChI=1S/C13H21N3O3/c1-5-16-6-10(11(7-16)18-4)15-13(17)12-8(2)14-9(3)19-12/h10-11H,5-7H2,1-4H3,(H,15,17)/t10-,11-/m0/s1. The van der Waals surface area contributed by atoms with Gasteiger partial charge in [0.2, 0.25) is 5.76 Å². The predicted octanol–water partition coefficient (Wildman–Crippen LogP) is 0.740. The number of carbonyl (C=O) groups is 1. The van der Waals surface area contributed by atoms with Crippen LogP contribution in [0.4, 0.5) is 0 Å². The summed E-state index contributed by atoms with van der Waals surface area (Å²) in [5.74, 6) is 0.581. The minimum Gasteiger partial charge on any atom is -0.436 e. The molecule has 6 nitrogen and oxygen atoms in total. The van der Waals surface area contributed by atoms with E-state index in [2.05, 4.69) is 22.1 Å². The van der Waals surface area contributed by atoms with Crippen LogP contribution >= 0.6 is 0 Å². The number of hydrogen-bond donors (Lipinski definition) is 1. The Kier molecular flexibility index (Phi) is 4.21. The van der Waals surface area contributed by atoms with Gasteiger partial charge in [0.25, 0.3) is 5.91 Å². The zero-order chi connectivity index (χ0) is 14.0. The van der Waals surface area contributed by atoms with Gasteiger partial charge in [-0.25, -0.2) is 4.98 Å². The van der Waals surface area contributed by atoms with Crippen molar-refractivity contribution in [3.05, 3.63) is 17.3 Å². The number of aromatic nitrogens is 1. The maximum absolute atomic E-state index is 12.2. The smallest absolute Gasteiger partial charge is 0.289 e. The van der Waals surface area contributed by atoms with E-state index in [9.17, 15) is 4.79 Å². The molecule has 0 aromatic carbocycles. The monoisotopic (exact) mass is 267 g/mol. The lowest BCUT2D eigenvalue weighted by Crippen LogP contribution is -2.43. The second-order valence-electron chi connectivity index (χ2n) is 4.85. The summed E-state index contributed by atoms with van der Waals surface area (Å²) < 4.78 is 10.8. The fourth-order valence-electron chi connectivity index (χ4n) is 2.46. The Hall–Kier alpha value is -1.40. The van der Waals surface area contributed by atoms with Crippen molar-refractivity contribution in [2.45, 2.75) is 32.9 Å². The van der Waals surface area contributed by atoms with E-state index >= 15 is 0 Å². The number of nitrogens with zero attached hydrogens (tertiary/aromatic N) is 2. The van der Waals surface area contributed by atoms with Gasteiger partial charge >= 0.3 is 0 Å². The number of nitrogens with one attached hydrogen (secondary N) is 1. The van der Waals surface area contributed by atoms with E-state index in [1.807, 2.05) is 0 Å². The molecule has 0 radical (unpaired) electrons. The first-order valence-electron chi connectivity index (χ1n) is 6.55. The van der Waals surface area contributed by atoms with Crippen LogP contribution in [-0.2, 0) is 4.74 Å². The lowest BCUT2D eigenvalue weighted by molar-refractivity contribution is 0.0743. The number of aryl methyl sites for hydroxylation is 2. The Morgan fingerprint density at radius 3 is 2.79 bits per heavy atom. The molecule has 2 atom stereocenters. The molecule has 1 aromatic heterocycles. The number of oxazole rings is 1. The zero-order valence-corrected chi connectivity index (χ0v) is 11.9. The van der Waals surface area contributed by atoms with Crippen molar-refractivity contribution in [2.75, 3.05) is 26.7 Å². The van der Waals surface area contributed by atoms with Crippen molar-refractivity contribution in [1.29, 1.82) is 0 Å². The molecule has 1 amide bonds. The van der Waals surface area contributed by atoms with Crippen LogP contribution in [0.2, 0.25) is 0 Å². The molecule has 6 heteroatoms. The topological polar surface area (TPSA) is 67.6 Å². The van der Waals surface area contributed by atoms with Crippen LogP contribution in [0.5, 0.6) is 0 Å². The molecule has 1 saturated heterocycles. The molecule has 0 bridgehead atoms. The van der Waals surface area contributed by atoms with Crippen molar-refractivity contribution in [1.82, 2.24) is 15.2 Å². The first-order valence-corrected chi connectivity index (χ1v) is 6.55. The van der Waals surface area contributed by atoms with Crippen LogP contribution in [0.3, 0.4) is 0 Å². The summed E-state index contributed by atoms with van der Waals surface area (Å²) in [5, 5.41) is 2.98. The number of rotatable bonds is 4. The summed E-state index contributed by atoms with van der Waals surface area (Å²) in [6.45, 7) is 8.19. The fourth-order valence-corrected chi connectivity index (χ4v) is 2.46. The van der Waals surface area contributed by atoms with Gasteiger partial charge in [0.15, 0.2) is 5.89 Å². The number of likely N-dealkylation sites (N-methyl/N-ethyl adjacent to an activating group) is 1. The number of methoxy groups -OCH3 is 1. The summed E-state index contributed by atoms with van der Waals surface area (Å²) >= 11 is 0. The van der Waals surface area contributed by atoms with Crippen LogP contribution in [0.15, 0.2) is 4.42 Å². The number of carbonyl (C=O) groups excluding carboxylic acids is 1. The maximum atomic E-state index is 12.2. The Labute approximate surface area is 113 Å². The van der Waals surface area contributed by atoms with E-state index in [-0.39, 0.29) is 18.1 Å². The molecule has 2 heterocycles. The van der Waals surface area contributed by atoms with Crippen LogP contribution in [0, 0.1) is 13.8 Å². The first-order chi connectivity index (χ1) is 9.05. The van der Waals surface area contributed by atoms with Crippen molar-refractivity contribution < 1.29 is 13.9 Å². The number of amides is 1. The molecule has 1 aliphatic heterocycles. The van der Waals surface area contributed by atoms with Crippen molar-refractivity contribution in [3.8, 4) is 0 Å². The van der Waals surface area contributed by atoms with Gasteiger partial charge in [0.05, 0.1) is 17.8 Å². The second kappa shape index (κ2) is 5.71. The SMILES string of the molecule is CCN1C[C@H](NC(=O)c2oc(C)nc2C)[C@@H](OC)C1. The molecule has 1 fully saturated rings. The quantitative estimate of drug-likeness (QED) is 0.871. The highest BCUT2D eigenvalue weighted by Crippen LogP contribution is 2.15. The zero-order valence-electron chi connectivity index (χ0n) is 11.9. The molecule has 0 spiro atoms. The molecule has 1 aromatic rings. The van der Waals surface area contributed by atoms with Crippen LogP contribution in [0.25, 0.3) is 0 Å². The lowest BCUT2D eigenvalue weighted by Gasteiger charge is -2.17. The Morgan fingerprint density at radius 1 is 1.53 bits per heavy atom. The van der Waals surface area contributed by atoms with E-state index < -0.39 is 0 Å². The molecule has 0 unspecified atom stereocenters. The summed E-state index contributed by atoms with van der Waals surface area (Å²) in [5.41, 5.74) is 0.620. The average Bonchev–Trinajstić information content (AvgIpc) is 2.92. The fraction of sp³-hybridized carbons (Fsp3) is 0.692. The minimum absolute atomic E-state index is 0.0118. The van der Waals surface area contributed by atoms with Gasteiger partial charge in [-0.2, -0.15) is 0 Å². The minimum atomic E-state index is -0.219. The second-order valence-corrected chi connectivity index (χ2v) is 4.85. The molecule has 2 rings (SSSR count). The predicted molar refractivity (Wildman–Crippen MR) is 70.1 cm³/mol. The van der Waals surface area contributed by atoms with Crippen molar-refractivity contribution in [3.63, 3.8) is 0 Å². The molecule has 1 aliphatic rings. The van der Waals surface area contributed by atoms with Gasteiger partial charge in [0.1, 0.15) is 0 Å². The third-order valence-electron chi connectivity index (χ3n) is 3.52. The Bertz CT molecular complexity index is 458. The summed E-state index contributed by atoms with van der Waals surface area (Å²) in [6, 6.07) is -0.0118. The van der Waals surface area contributed by atoms with Gasteiger partial charge in [-0.15, -0.1) is 0 Å². The van der Waals surface area contributed by atoms with E-state index in [0.717, 1.165) is 19.6 Å². The Morgan fingerprint density at radius 2 is 2.26 bits per heavy atom. The number of hydrogen-bond acceptors (Lipinski definition) is 5. The normalized spacial score (nSPS) is 23.8. The molecule has 0 saturated carbocycles. The molecular formula is C13H21N3O3. The van der Waals surface area contributed by atoms with E-state index in [1.54, 1.807) is 21.0 Å². The van der Waals surface area contributed by atoms with Crippen molar-refractivity contribution in [2.24, 2.45) is 0 Å². The third-order valence-corrected chi connectivity index (χ3v) is 3.52. The van der Waals surface area contributed by atoms with Gasteiger partial charge in [-0.3, -0.25) is 9.69 Å². The molecule has 1 N–H and O–H groups in total. The van der Waals surface area contributed by atoms with Gasteiger partial charge < -0.3 is 14.5 Å². The molecule has 106 valence electrons. The first kappa shape index (κ1) is 14.0. The molecule has 19 heavy (non-hydrogen) atoms. The lowest BCUT2D eigenvalue weighted by atomic mass is 10.2. The van der Waals surface area contributed by atoms with E-state index in [1.165, 1.54) is 0 Å². The average molecular weight is 267 g/mol. The maximum Gasteiger partial charge on any atom is 0.289 e. The van der Waals surface area contributed by atoms with E-state index in [0.29, 0.717) is 17.3 Å². The summed E-state index contributed by atoms with van der Waals surface area (Å²) in [6.07, 6.45) is 0.0215. The van der Waals surface area contributed by atoms with Crippen LogP contribution < -0.4 is 5.32 Å². The number of likely N-dealkylation sites (tertiary alicyclic amines) is 1. The molecule has 0 aliphatic carbocycles. The third kappa shape index (κ3) is 2.96. The van der Waals surface area contributed by atoms with Gasteiger partial charge in [-0.05, 0) is 13.5 Å². The van der Waals surface area contributed by atoms with Gasteiger partial charge in [0, 0.05) is 27.1 Å². The number of ether oxygens (including phenoxy) is 1. The van der Waals surface area contributed by atoms with Crippen LogP contribution in [-0.4, -0.2) is 54.7 Å². The molecular weight excluding hydrogens is 246 g/mol. The van der Waals surface area contributed by atoms with Crippen molar-refractivity contribution >= 4 is 5.91 Å². The highest BCUT2D eigenvalue weighted by atomic mass is 16.5. The summed E-state index contributed by atoms with van der Waals surface area (Å²) in [7, 11) is 1.67. The summed E-state index contributed by atoms with van der Waals surface area (Å²) in [4.78, 5) is 18.5.